The van der Waals surface area contributed by atoms with E-state index in [4.69, 9.17) is 0 Å². The molecule has 0 aromatic heterocycles. The van der Waals surface area contributed by atoms with Crippen LogP contribution in [0.4, 0.5) is 0 Å². The molecule has 0 aromatic rings. The van der Waals surface area contributed by atoms with Crippen LogP contribution >= 0.6 is 11.8 Å². The molecule has 1 N–H and O–H groups in total. The van der Waals surface area contributed by atoms with Crippen LogP contribution < -0.4 is 0 Å². The third-order valence-electron chi connectivity index (χ3n) is 5.06. The standard InChI is InChI=1S/C14H26OS/c1-11-4-6-12(7-5-11)14(15)10-16-9-8-13(14,2)3/h11-12,15H,4-10H2,1-3H3. The summed E-state index contributed by atoms with van der Waals surface area (Å²) in [6.07, 6.45) is 6.27. The van der Waals surface area contributed by atoms with Gasteiger partial charge in [0.15, 0.2) is 0 Å². The van der Waals surface area contributed by atoms with Gasteiger partial charge < -0.3 is 5.11 Å². The average Bonchev–Trinajstić information content (AvgIpc) is 2.23. The van der Waals surface area contributed by atoms with Gasteiger partial charge in [-0.05, 0) is 42.3 Å². The summed E-state index contributed by atoms with van der Waals surface area (Å²) in [4.78, 5) is 0. The zero-order chi connectivity index (χ0) is 11.8. The van der Waals surface area contributed by atoms with Crippen molar-refractivity contribution < 1.29 is 5.11 Å². The smallest absolute Gasteiger partial charge is 0.0816 e. The second-order valence-corrected chi connectivity index (χ2v) is 7.67. The van der Waals surface area contributed by atoms with Crippen LogP contribution in [-0.2, 0) is 0 Å². The molecule has 2 heteroatoms. The molecule has 0 aromatic carbocycles. The maximum absolute atomic E-state index is 11.1. The number of aliphatic hydroxyl groups is 1. The Balaban J connectivity index is 2.10. The maximum Gasteiger partial charge on any atom is 0.0816 e. The van der Waals surface area contributed by atoms with Gasteiger partial charge in [-0.25, -0.2) is 0 Å². The van der Waals surface area contributed by atoms with Crippen LogP contribution in [0, 0.1) is 17.3 Å². The van der Waals surface area contributed by atoms with E-state index in [1.54, 1.807) is 0 Å². The van der Waals surface area contributed by atoms with E-state index in [0.717, 1.165) is 11.7 Å². The molecule has 1 aliphatic carbocycles. The second kappa shape index (κ2) is 4.53. The number of thioether (sulfide) groups is 1. The van der Waals surface area contributed by atoms with Gasteiger partial charge in [0.05, 0.1) is 5.60 Å². The minimum absolute atomic E-state index is 0.115. The second-order valence-electron chi connectivity index (χ2n) is 6.57. The van der Waals surface area contributed by atoms with Gasteiger partial charge in [0, 0.05) is 5.75 Å². The molecule has 94 valence electrons. The Morgan fingerprint density at radius 1 is 1.12 bits per heavy atom. The topological polar surface area (TPSA) is 20.2 Å². The molecule has 1 atom stereocenters. The zero-order valence-electron chi connectivity index (χ0n) is 11.0. The summed E-state index contributed by atoms with van der Waals surface area (Å²) in [5, 5.41) is 11.1. The van der Waals surface area contributed by atoms with Gasteiger partial charge in [-0.1, -0.05) is 33.6 Å². The van der Waals surface area contributed by atoms with Crippen LogP contribution in [0.15, 0.2) is 0 Å². The molecule has 2 aliphatic rings. The molecule has 0 radical (unpaired) electrons. The van der Waals surface area contributed by atoms with E-state index in [2.05, 4.69) is 20.8 Å². The van der Waals surface area contributed by atoms with E-state index in [-0.39, 0.29) is 5.41 Å². The largest absolute Gasteiger partial charge is 0.388 e. The van der Waals surface area contributed by atoms with Gasteiger partial charge >= 0.3 is 0 Å². The molecular formula is C14H26OS. The predicted octanol–water partition coefficient (Wildman–Crippen LogP) is 3.71. The van der Waals surface area contributed by atoms with Crippen molar-refractivity contribution in [3.05, 3.63) is 0 Å². The third-order valence-corrected chi connectivity index (χ3v) is 6.19. The minimum Gasteiger partial charge on any atom is -0.388 e. The van der Waals surface area contributed by atoms with Crippen molar-refractivity contribution in [1.29, 1.82) is 0 Å². The van der Waals surface area contributed by atoms with Crippen molar-refractivity contribution in [2.45, 2.75) is 58.5 Å². The van der Waals surface area contributed by atoms with E-state index in [0.29, 0.717) is 5.92 Å². The SMILES string of the molecule is CC1CCC(C2(O)CSCCC2(C)C)CC1. The van der Waals surface area contributed by atoms with Crippen molar-refractivity contribution in [2.24, 2.45) is 17.3 Å². The molecule has 1 unspecified atom stereocenters. The van der Waals surface area contributed by atoms with Crippen molar-refractivity contribution in [2.75, 3.05) is 11.5 Å². The molecule has 1 saturated heterocycles. The Kier molecular flexibility index (Phi) is 3.61. The van der Waals surface area contributed by atoms with Crippen LogP contribution in [0.2, 0.25) is 0 Å². The van der Waals surface area contributed by atoms with E-state index in [1.807, 2.05) is 11.8 Å². The molecule has 16 heavy (non-hydrogen) atoms. The van der Waals surface area contributed by atoms with Crippen LogP contribution in [0.3, 0.4) is 0 Å². The lowest BCUT2D eigenvalue weighted by molar-refractivity contribution is -0.109. The molecule has 2 rings (SSSR count). The first-order valence-electron chi connectivity index (χ1n) is 6.76. The Bertz CT molecular complexity index is 243. The monoisotopic (exact) mass is 242 g/mol. The van der Waals surface area contributed by atoms with Crippen LogP contribution in [0.25, 0.3) is 0 Å². The normalized spacial score (nSPS) is 44.2. The molecular weight excluding hydrogens is 216 g/mol. The predicted molar refractivity (Wildman–Crippen MR) is 71.8 cm³/mol. The molecule has 2 fully saturated rings. The maximum atomic E-state index is 11.1. The highest BCUT2D eigenvalue weighted by atomic mass is 32.2. The fraction of sp³-hybridized carbons (Fsp3) is 1.00. The fourth-order valence-electron chi connectivity index (χ4n) is 3.37. The lowest BCUT2D eigenvalue weighted by Crippen LogP contribution is -2.55. The molecule has 1 nitrogen and oxygen atoms in total. The Labute approximate surface area is 104 Å². The molecule has 0 amide bonds. The van der Waals surface area contributed by atoms with E-state index in [9.17, 15) is 5.11 Å². The molecule has 1 saturated carbocycles. The van der Waals surface area contributed by atoms with Crippen LogP contribution in [0.1, 0.15) is 52.9 Å². The van der Waals surface area contributed by atoms with Crippen molar-refractivity contribution >= 4 is 11.8 Å². The fourth-order valence-corrected chi connectivity index (χ4v) is 5.11. The van der Waals surface area contributed by atoms with Crippen molar-refractivity contribution in [3.8, 4) is 0 Å². The summed E-state index contributed by atoms with van der Waals surface area (Å²) < 4.78 is 0. The summed E-state index contributed by atoms with van der Waals surface area (Å²) in [6, 6.07) is 0. The first-order chi connectivity index (χ1) is 7.46. The highest BCUT2D eigenvalue weighted by molar-refractivity contribution is 7.99. The summed E-state index contributed by atoms with van der Waals surface area (Å²) in [5.41, 5.74) is -0.292. The van der Waals surface area contributed by atoms with E-state index in [1.165, 1.54) is 37.9 Å². The molecule has 1 heterocycles. The highest BCUT2D eigenvalue weighted by Gasteiger charge is 2.50. The van der Waals surface area contributed by atoms with Crippen LogP contribution in [0.5, 0.6) is 0 Å². The lowest BCUT2D eigenvalue weighted by atomic mass is 9.62. The van der Waals surface area contributed by atoms with Crippen molar-refractivity contribution in [1.82, 2.24) is 0 Å². The van der Waals surface area contributed by atoms with Gasteiger partial charge in [0.25, 0.3) is 0 Å². The van der Waals surface area contributed by atoms with Gasteiger partial charge in [-0.2, -0.15) is 11.8 Å². The van der Waals surface area contributed by atoms with E-state index >= 15 is 0 Å². The summed E-state index contributed by atoms with van der Waals surface area (Å²) >= 11 is 1.95. The van der Waals surface area contributed by atoms with Gasteiger partial charge in [0.1, 0.15) is 0 Å². The van der Waals surface area contributed by atoms with E-state index < -0.39 is 5.60 Å². The van der Waals surface area contributed by atoms with Gasteiger partial charge in [-0.3, -0.25) is 0 Å². The summed E-state index contributed by atoms with van der Waals surface area (Å²) in [5.74, 6) is 3.60. The van der Waals surface area contributed by atoms with Crippen molar-refractivity contribution in [3.63, 3.8) is 0 Å². The molecule has 0 spiro atoms. The minimum atomic E-state index is -0.407. The lowest BCUT2D eigenvalue weighted by Gasteiger charge is -2.52. The zero-order valence-corrected chi connectivity index (χ0v) is 11.8. The Morgan fingerprint density at radius 3 is 2.31 bits per heavy atom. The first kappa shape index (κ1) is 12.8. The van der Waals surface area contributed by atoms with Crippen LogP contribution in [-0.4, -0.2) is 22.2 Å². The van der Waals surface area contributed by atoms with Gasteiger partial charge in [-0.15, -0.1) is 0 Å². The summed E-state index contributed by atoms with van der Waals surface area (Å²) in [6.45, 7) is 6.89. The number of hydrogen-bond donors (Lipinski definition) is 1. The average molecular weight is 242 g/mol. The quantitative estimate of drug-likeness (QED) is 0.756. The highest BCUT2D eigenvalue weighted by Crippen LogP contribution is 2.50. The first-order valence-corrected chi connectivity index (χ1v) is 7.91. The molecule has 1 aliphatic heterocycles. The van der Waals surface area contributed by atoms with Gasteiger partial charge in [0.2, 0.25) is 0 Å². The number of hydrogen-bond acceptors (Lipinski definition) is 2. The Morgan fingerprint density at radius 2 is 1.75 bits per heavy atom. The molecule has 0 bridgehead atoms. The summed E-state index contributed by atoms with van der Waals surface area (Å²) in [7, 11) is 0. The number of rotatable bonds is 1. The Hall–Kier alpha value is 0.310. The third kappa shape index (κ3) is 2.15.